The Morgan fingerprint density at radius 3 is 2.33 bits per heavy atom. The topological polar surface area (TPSA) is 50.7 Å². The van der Waals surface area contributed by atoms with Gasteiger partial charge in [-0.2, -0.15) is 0 Å². The first-order valence-electron chi connectivity index (χ1n) is 7.85. The van der Waals surface area contributed by atoms with Crippen molar-refractivity contribution >= 4 is 16.6 Å². The molecule has 0 radical (unpaired) electrons. The molecular weight excluding hydrogens is 296 g/mol. The van der Waals surface area contributed by atoms with E-state index in [1.165, 1.54) is 0 Å². The molecule has 4 heteroatoms. The summed E-state index contributed by atoms with van der Waals surface area (Å²) in [5.74, 6) is 0.786. The molecule has 2 heterocycles. The van der Waals surface area contributed by atoms with Gasteiger partial charge in [-0.05, 0) is 11.6 Å². The molecule has 0 atom stereocenters. The Hall–Kier alpha value is -3.27. The number of hydrogen-bond acceptors (Lipinski definition) is 4. The van der Waals surface area contributed by atoms with Gasteiger partial charge < -0.3 is 5.32 Å². The summed E-state index contributed by atoms with van der Waals surface area (Å²) in [6.07, 6.45) is 3.62. The fraction of sp³-hybridized carbons (Fsp3) is 0.0500. The molecule has 4 rings (SSSR count). The second-order valence-corrected chi connectivity index (χ2v) is 5.52. The van der Waals surface area contributed by atoms with Crippen molar-refractivity contribution in [3.63, 3.8) is 0 Å². The van der Waals surface area contributed by atoms with Crippen molar-refractivity contribution in [3.8, 4) is 11.3 Å². The van der Waals surface area contributed by atoms with Crippen LogP contribution in [-0.2, 0) is 6.54 Å². The summed E-state index contributed by atoms with van der Waals surface area (Å²) in [7, 11) is 0. The minimum Gasteiger partial charge on any atom is -0.364 e. The van der Waals surface area contributed by atoms with Crippen LogP contribution in [0.2, 0.25) is 0 Å². The molecule has 0 aliphatic heterocycles. The van der Waals surface area contributed by atoms with Crippen molar-refractivity contribution in [2.45, 2.75) is 6.54 Å². The zero-order chi connectivity index (χ0) is 16.2. The summed E-state index contributed by atoms with van der Waals surface area (Å²) < 4.78 is 0. The first kappa shape index (κ1) is 14.3. The summed E-state index contributed by atoms with van der Waals surface area (Å²) in [6, 6.07) is 22.3. The fourth-order valence-electron chi connectivity index (χ4n) is 2.73. The fourth-order valence-corrected chi connectivity index (χ4v) is 2.73. The predicted octanol–water partition coefficient (Wildman–Crippen LogP) is 4.30. The van der Waals surface area contributed by atoms with Crippen LogP contribution in [0.3, 0.4) is 0 Å². The number of aromatic nitrogens is 3. The molecule has 0 fully saturated rings. The minimum absolute atomic E-state index is 0.664. The lowest BCUT2D eigenvalue weighted by Gasteiger charge is -2.11. The number of anilines is 1. The van der Waals surface area contributed by atoms with E-state index in [0.29, 0.717) is 6.54 Å². The smallest absolute Gasteiger partial charge is 0.156 e. The highest BCUT2D eigenvalue weighted by Crippen LogP contribution is 2.29. The molecule has 116 valence electrons. The number of fused-ring (bicyclic) bond motifs is 1. The van der Waals surface area contributed by atoms with Gasteiger partial charge in [0.2, 0.25) is 0 Å². The van der Waals surface area contributed by atoms with Crippen LogP contribution in [0.4, 0.5) is 5.82 Å². The summed E-state index contributed by atoms with van der Waals surface area (Å²) in [5, 5.41) is 14.4. The number of rotatable bonds is 4. The molecule has 0 bridgehead atoms. The monoisotopic (exact) mass is 312 g/mol. The summed E-state index contributed by atoms with van der Waals surface area (Å²) in [6.45, 7) is 0.664. The molecule has 4 nitrogen and oxygen atoms in total. The van der Waals surface area contributed by atoms with E-state index in [4.69, 9.17) is 0 Å². The van der Waals surface area contributed by atoms with Crippen molar-refractivity contribution in [1.29, 1.82) is 0 Å². The Bertz CT molecular complexity index is 953. The average molecular weight is 312 g/mol. The highest BCUT2D eigenvalue weighted by atomic mass is 15.2. The van der Waals surface area contributed by atoms with Crippen molar-refractivity contribution in [2.24, 2.45) is 0 Å². The first-order valence-corrected chi connectivity index (χ1v) is 7.85. The molecule has 0 amide bonds. The van der Waals surface area contributed by atoms with Crippen LogP contribution in [0.5, 0.6) is 0 Å². The molecule has 4 aromatic rings. The highest BCUT2D eigenvalue weighted by Gasteiger charge is 2.10. The van der Waals surface area contributed by atoms with E-state index in [1.807, 2.05) is 48.7 Å². The van der Waals surface area contributed by atoms with Gasteiger partial charge in [0.1, 0.15) is 5.69 Å². The van der Waals surface area contributed by atoms with Gasteiger partial charge in [-0.3, -0.25) is 4.98 Å². The largest absolute Gasteiger partial charge is 0.364 e. The molecule has 0 spiro atoms. The number of hydrogen-bond donors (Lipinski definition) is 1. The summed E-state index contributed by atoms with van der Waals surface area (Å²) in [4.78, 5) is 4.14. The molecule has 0 unspecified atom stereocenters. The van der Waals surface area contributed by atoms with Gasteiger partial charge in [-0.1, -0.05) is 60.7 Å². The Morgan fingerprint density at radius 1 is 0.750 bits per heavy atom. The Kier molecular flexibility index (Phi) is 3.86. The predicted molar refractivity (Wildman–Crippen MR) is 96.5 cm³/mol. The summed E-state index contributed by atoms with van der Waals surface area (Å²) in [5.41, 5.74) is 3.08. The third-order valence-electron chi connectivity index (χ3n) is 3.92. The van der Waals surface area contributed by atoms with Crippen LogP contribution in [0.25, 0.3) is 22.0 Å². The van der Waals surface area contributed by atoms with Gasteiger partial charge in [0.15, 0.2) is 5.82 Å². The van der Waals surface area contributed by atoms with E-state index in [2.05, 4.69) is 44.8 Å². The number of nitrogens with one attached hydrogen (secondary N) is 1. The lowest BCUT2D eigenvalue weighted by Crippen LogP contribution is -2.04. The molecule has 0 saturated heterocycles. The van der Waals surface area contributed by atoms with Crippen molar-refractivity contribution in [1.82, 2.24) is 15.2 Å². The van der Waals surface area contributed by atoms with Gasteiger partial charge in [-0.25, -0.2) is 0 Å². The Labute approximate surface area is 140 Å². The third kappa shape index (κ3) is 2.82. The van der Waals surface area contributed by atoms with Crippen LogP contribution in [0, 0.1) is 0 Å². The van der Waals surface area contributed by atoms with Crippen LogP contribution in [0.15, 0.2) is 79.1 Å². The van der Waals surface area contributed by atoms with Crippen molar-refractivity contribution in [2.75, 3.05) is 5.32 Å². The SMILES string of the molecule is c1ccc(-c2nnc(NCc3cccnc3)c3ccccc23)cc1. The lowest BCUT2D eigenvalue weighted by atomic mass is 10.0. The molecule has 0 aliphatic rings. The second kappa shape index (κ2) is 6.46. The maximum Gasteiger partial charge on any atom is 0.156 e. The van der Waals surface area contributed by atoms with Crippen molar-refractivity contribution < 1.29 is 0 Å². The number of pyridine rings is 1. The van der Waals surface area contributed by atoms with Gasteiger partial charge in [0.05, 0.1) is 0 Å². The first-order chi connectivity index (χ1) is 11.9. The molecule has 2 aromatic carbocycles. The zero-order valence-corrected chi connectivity index (χ0v) is 13.1. The zero-order valence-electron chi connectivity index (χ0n) is 13.1. The van der Waals surface area contributed by atoms with Crippen molar-refractivity contribution in [3.05, 3.63) is 84.7 Å². The quantitative estimate of drug-likeness (QED) is 0.610. The Balaban J connectivity index is 1.73. The molecule has 0 saturated carbocycles. The number of benzene rings is 2. The standard InChI is InChI=1S/C20H16N4/c1-2-8-16(9-3-1)19-17-10-4-5-11-18(17)20(24-23-19)22-14-15-7-6-12-21-13-15/h1-13H,14H2,(H,22,24). The minimum atomic E-state index is 0.664. The van der Waals surface area contributed by atoms with E-state index in [9.17, 15) is 0 Å². The van der Waals surface area contributed by atoms with Crippen LogP contribution in [0.1, 0.15) is 5.56 Å². The Morgan fingerprint density at radius 2 is 1.54 bits per heavy atom. The van der Waals surface area contributed by atoms with E-state index < -0.39 is 0 Å². The number of nitrogens with zero attached hydrogens (tertiary/aromatic N) is 3. The van der Waals surface area contributed by atoms with Crippen LogP contribution in [-0.4, -0.2) is 15.2 Å². The maximum absolute atomic E-state index is 4.46. The van der Waals surface area contributed by atoms with E-state index >= 15 is 0 Å². The van der Waals surface area contributed by atoms with Crippen LogP contribution >= 0.6 is 0 Å². The molecular formula is C20H16N4. The van der Waals surface area contributed by atoms with Gasteiger partial charge >= 0.3 is 0 Å². The van der Waals surface area contributed by atoms with E-state index in [1.54, 1.807) is 6.20 Å². The normalized spacial score (nSPS) is 10.7. The van der Waals surface area contributed by atoms with E-state index in [0.717, 1.165) is 33.4 Å². The summed E-state index contributed by atoms with van der Waals surface area (Å²) >= 11 is 0. The lowest BCUT2D eigenvalue weighted by molar-refractivity contribution is 1.02. The van der Waals surface area contributed by atoms with Gasteiger partial charge in [0.25, 0.3) is 0 Å². The third-order valence-corrected chi connectivity index (χ3v) is 3.92. The highest BCUT2D eigenvalue weighted by molar-refractivity contribution is 5.99. The maximum atomic E-state index is 4.46. The van der Waals surface area contributed by atoms with Gasteiger partial charge in [-0.15, -0.1) is 10.2 Å². The molecule has 24 heavy (non-hydrogen) atoms. The average Bonchev–Trinajstić information content (AvgIpc) is 2.67. The van der Waals surface area contributed by atoms with Crippen LogP contribution < -0.4 is 5.32 Å². The molecule has 0 aliphatic carbocycles. The van der Waals surface area contributed by atoms with Gasteiger partial charge in [0, 0.05) is 35.3 Å². The molecule has 2 aromatic heterocycles. The second-order valence-electron chi connectivity index (χ2n) is 5.52. The molecule has 1 N–H and O–H groups in total. The van der Waals surface area contributed by atoms with E-state index in [-0.39, 0.29) is 0 Å².